The number of esters is 1. The molecule has 0 saturated carbocycles. The lowest BCUT2D eigenvalue weighted by Gasteiger charge is -2.06. The van der Waals surface area contributed by atoms with Crippen LogP contribution in [0.5, 0.6) is 0 Å². The SMILES string of the molecule is CCCCCCCCCCCCCCCCCCCCCCOC(=O)CCCCCCCCCCCCCCCCCCCCC. The van der Waals surface area contributed by atoms with Crippen LogP contribution < -0.4 is 0 Å². The van der Waals surface area contributed by atoms with E-state index in [1.165, 1.54) is 238 Å². The predicted molar refractivity (Wildman–Crippen MR) is 207 cm³/mol. The number of unbranched alkanes of at least 4 members (excludes halogenated alkanes) is 37. The molecule has 0 spiro atoms. The highest BCUT2D eigenvalue weighted by molar-refractivity contribution is 5.69. The van der Waals surface area contributed by atoms with Crippen LogP contribution in [0.2, 0.25) is 0 Å². The first-order valence-electron chi connectivity index (χ1n) is 22.0. The molecular weight excluding hydrogens is 560 g/mol. The van der Waals surface area contributed by atoms with E-state index in [1.807, 2.05) is 0 Å². The van der Waals surface area contributed by atoms with E-state index >= 15 is 0 Å². The van der Waals surface area contributed by atoms with Gasteiger partial charge >= 0.3 is 5.97 Å². The maximum Gasteiger partial charge on any atom is 0.305 e. The summed E-state index contributed by atoms with van der Waals surface area (Å²) in [5, 5.41) is 0. The van der Waals surface area contributed by atoms with Gasteiger partial charge in [-0.1, -0.05) is 251 Å². The van der Waals surface area contributed by atoms with E-state index < -0.39 is 0 Å². The maximum atomic E-state index is 12.0. The fourth-order valence-corrected chi connectivity index (χ4v) is 6.96. The largest absolute Gasteiger partial charge is 0.466 e. The lowest BCUT2D eigenvalue weighted by Crippen LogP contribution is -2.05. The van der Waals surface area contributed by atoms with Gasteiger partial charge in [-0.25, -0.2) is 0 Å². The Balaban J connectivity index is 3.14. The number of rotatable bonds is 41. The zero-order valence-corrected chi connectivity index (χ0v) is 32.3. The van der Waals surface area contributed by atoms with Gasteiger partial charge in [0.25, 0.3) is 0 Å². The average Bonchev–Trinajstić information content (AvgIpc) is 3.06. The van der Waals surface area contributed by atoms with Crippen molar-refractivity contribution in [1.82, 2.24) is 0 Å². The van der Waals surface area contributed by atoms with Gasteiger partial charge in [0.2, 0.25) is 0 Å². The van der Waals surface area contributed by atoms with Crippen LogP contribution in [0.4, 0.5) is 0 Å². The lowest BCUT2D eigenvalue weighted by molar-refractivity contribution is -0.143. The Morgan fingerprint density at radius 3 is 0.717 bits per heavy atom. The summed E-state index contributed by atoms with van der Waals surface area (Å²) in [5.74, 6) is 0.0322. The molecule has 2 heteroatoms. The van der Waals surface area contributed by atoms with Crippen molar-refractivity contribution in [3.8, 4) is 0 Å². The second kappa shape index (κ2) is 42.5. The minimum Gasteiger partial charge on any atom is -0.466 e. The molecule has 0 saturated heterocycles. The summed E-state index contributed by atoms with van der Waals surface area (Å²) in [6.45, 7) is 5.23. The van der Waals surface area contributed by atoms with Crippen LogP contribution in [0.1, 0.15) is 271 Å². The van der Waals surface area contributed by atoms with Crippen molar-refractivity contribution in [2.45, 2.75) is 271 Å². The summed E-state index contributed by atoms with van der Waals surface area (Å²) in [6.07, 6.45) is 54.9. The van der Waals surface area contributed by atoms with E-state index in [1.54, 1.807) is 0 Å². The number of hydrogen-bond donors (Lipinski definition) is 0. The molecule has 0 radical (unpaired) electrons. The van der Waals surface area contributed by atoms with E-state index in [-0.39, 0.29) is 5.97 Å². The van der Waals surface area contributed by atoms with E-state index in [4.69, 9.17) is 4.74 Å². The number of carbonyl (C=O) groups excluding carboxylic acids is 1. The van der Waals surface area contributed by atoms with Gasteiger partial charge in [0.1, 0.15) is 0 Å². The van der Waals surface area contributed by atoms with Crippen molar-refractivity contribution in [1.29, 1.82) is 0 Å². The standard InChI is InChI=1S/C44H88O2/c1-3-5-7-9-11-13-15-17-19-21-23-25-27-29-31-33-35-37-39-41-43-46-44(45)42-40-38-36-34-32-30-28-26-24-22-20-18-16-14-12-10-8-6-4-2/h3-43H2,1-2H3. The summed E-state index contributed by atoms with van der Waals surface area (Å²) in [5.41, 5.74) is 0. The van der Waals surface area contributed by atoms with Crippen LogP contribution in [0, 0.1) is 0 Å². The van der Waals surface area contributed by atoms with Crippen molar-refractivity contribution < 1.29 is 9.53 Å². The third kappa shape index (κ3) is 41.5. The van der Waals surface area contributed by atoms with Crippen LogP contribution in [-0.2, 0) is 9.53 Å². The van der Waals surface area contributed by atoms with E-state index in [2.05, 4.69) is 13.8 Å². The van der Waals surface area contributed by atoms with Crippen LogP contribution >= 0.6 is 0 Å². The molecule has 0 heterocycles. The average molecular weight is 649 g/mol. The molecule has 2 nitrogen and oxygen atoms in total. The molecule has 0 bridgehead atoms. The van der Waals surface area contributed by atoms with Crippen LogP contribution in [0.3, 0.4) is 0 Å². The minimum absolute atomic E-state index is 0.0322. The third-order valence-corrected chi connectivity index (χ3v) is 10.2. The highest BCUT2D eigenvalue weighted by Crippen LogP contribution is 2.17. The molecule has 0 rings (SSSR count). The smallest absolute Gasteiger partial charge is 0.305 e. The van der Waals surface area contributed by atoms with Gasteiger partial charge in [0, 0.05) is 6.42 Å². The molecule has 0 unspecified atom stereocenters. The van der Waals surface area contributed by atoms with Gasteiger partial charge in [0.05, 0.1) is 6.61 Å². The molecule has 0 amide bonds. The molecule has 46 heavy (non-hydrogen) atoms. The topological polar surface area (TPSA) is 26.3 Å². The second-order valence-electron chi connectivity index (χ2n) is 15.1. The first kappa shape index (κ1) is 45.5. The molecule has 276 valence electrons. The zero-order valence-electron chi connectivity index (χ0n) is 32.3. The lowest BCUT2D eigenvalue weighted by atomic mass is 10.0. The van der Waals surface area contributed by atoms with Gasteiger partial charge in [-0.15, -0.1) is 0 Å². The monoisotopic (exact) mass is 649 g/mol. The zero-order chi connectivity index (χ0) is 33.3. The molecule has 0 N–H and O–H groups in total. The van der Waals surface area contributed by atoms with E-state index in [0.29, 0.717) is 13.0 Å². The quantitative estimate of drug-likeness (QED) is 0.0487. The summed E-state index contributed by atoms with van der Waals surface area (Å²) < 4.78 is 5.48. The van der Waals surface area contributed by atoms with Gasteiger partial charge in [-0.05, 0) is 12.8 Å². The van der Waals surface area contributed by atoms with Gasteiger partial charge in [-0.3, -0.25) is 4.79 Å². The Bertz CT molecular complexity index is 544. The molecular formula is C44H88O2. The minimum atomic E-state index is 0.0322. The van der Waals surface area contributed by atoms with Gasteiger partial charge < -0.3 is 4.74 Å². The maximum absolute atomic E-state index is 12.0. The number of hydrogen-bond acceptors (Lipinski definition) is 2. The second-order valence-corrected chi connectivity index (χ2v) is 15.1. The first-order chi connectivity index (χ1) is 22.8. The van der Waals surface area contributed by atoms with Crippen molar-refractivity contribution in [2.24, 2.45) is 0 Å². The van der Waals surface area contributed by atoms with Crippen molar-refractivity contribution in [3.05, 3.63) is 0 Å². The van der Waals surface area contributed by atoms with Crippen LogP contribution in [-0.4, -0.2) is 12.6 Å². The third-order valence-electron chi connectivity index (χ3n) is 10.2. The summed E-state index contributed by atoms with van der Waals surface area (Å²) >= 11 is 0. The van der Waals surface area contributed by atoms with Gasteiger partial charge in [-0.2, -0.15) is 0 Å². The molecule has 0 aromatic carbocycles. The van der Waals surface area contributed by atoms with Crippen molar-refractivity contribution in [3.63, 3.8) is 0 Å². The molecule has 0 aromatic rings. The normalized spacial score (nSPS) is 11.4. The highest BCUT2D eigenvalue weighted by atomic mass is 16.5. The molecule has 0 fully saturated rings. The molecule has 0 aliphatic heterocycles. The molecule has 0 aliphatic carbocycles. The Morgan fingerprint density at radius 2 is 0.478 bits per heavy atom. The molecule has 0 aliphatic rings. The highest BCUT2D eigenvalue weighted by Gasteiger charge is 2.03. The Kier molecular flexibility index (Phi) is 42.0. The first-order valence-corrected chi connectivity index (χ1v) is 22.0. The Labute approximate surface area is 292 Å². The van der Waals surface area contributed by atoms with E-state index in [0.717, 1.165) is 12.8 Å². The molecule has 0 aromatic heterocycles. The summed E-state index contributed by atoms with van der Waals surface area (Å²) in [7, 11) is 0. The predicted octanol–water partition coefficient (Wildman–Crippen LogP) is 16.2. The van der Waals surface area contributed by atoms with Gasteiger partial charge in [0.15, 0.2) is 0 Å². The van der Waals surface area contributed by atoms with Crippen molar-refractivity contribution in [2.75, 3.05) is 6.61 Å². The Morgan fingerprint density at radius 1 is 0.283 bits per heavy atom. The summed E-state index contributed by atoms with van der Waals surface area (Å²) in [6, 6.07) is 0. The fraction of sp³-hybridized carbons (Fsp3) is 0.977. The van der Waals surface area contributed by atoms with Crippen LogP contribution in [0.15, 0.2) is 0 Å². The number of ether oxygens (including phenoxy) is 1. The van der Waals surface area contributed by atoms with Crippen molar-refractivity contribution >= 4 is 5.97 Å². The Hall–Kier alpha value is -0.530. The summed E-state index contributed by atoms with van der Waals surface area (Å²) in [4.78, 5) is 12.0. The molecule has 0 atom stereocenters. The number of carbonyl (C=O) groups is 1. The van der Waals surface area contributed by atoms with E-state index in [9.17, 15) is 4.79 Å². The van der Waals surface area contributed by atoms with Crippen LogP contribution in [0.25, 0.3) is 0 Å². The fourth-order valence-electron chi connectivity index (χ4n) is 6.96.